The molecule has 2 nitrogen and oxygen atoms in total. The second kappa shape index (κ2) is 5.87. The first kappa shape index (κ1) is 12.9. The molecule has 1 aliphatic rings. The highest BCUT2D eigenvalue weighted by atomic mass is 79.9. The van der Waals surface area contributed by atoms with Crippen molar-refractivity contribution in [1.29, 1.82) is 0 Å². The maximum atomic E-state index is 5.48. The van der Waals surface area contributed by atoms with E-state index in [1.165, 1.54) is 28.6 Å². The molecule has 0 unspecified atom stereocenters. The SMILES string of the molecule is CCCN1CCc2c(Br)ccc(OC)c2CC1. The molecule has 0 spiro atoms. The van der Waals surface area contributed by atoms with Crippen molar-refractivity contribution in [3.63, 3.8) is 0 Å². The van der Waals surface area contributed by atoms with E-state index in [2.05, 4.69) is 39.9 Å². The Hall–Kier alpha value is -0.540. The van der Waals surface area contributed by atoms with Gasteiger partial charge in [0.15, 0.2) is 0 Å². The number of nitrogens with zero attached hydrogens (tertiary/aromatic N) is 1. The summed E-state index contributed by atoms with van der Waals surface area (Å²) in [6.07, 6.45) is 3.44. The fourth-order valence-electron chi connectivity index (χ4n) is 2.57. The zero-order chi connectivity index (χ0) is 12.3. The number of benzene rings is 1. The second-order valence-corrected chi connectivity index (χ2v) is 5.40. The molecule has 17 heavy (non-hydrogen) atoms. The van der Waals surface area contributed by atoms with Gasteiger partial charge >= 0.3 is 0 Å². The normalized spacial score (nSPS) is 16.4. The molecule has 1 aromatic carbocycles. The first-order valence-electron chi connectivity index (χ1n) is 6.32. The van der Waals surface area contributed by atoms with Crippen molar-refractivity contribution >= 4 is 15.9 Å². The molecule has 0 aliphatic carbocycles. The van der Waals surface area contributed by atoms with Crippen LogP contribution in [-0.2, 0) is 12.8 Å². The van der Waals surface area contributed by atoms with Crippen LogP contribution in [0.15, 0.2) is 16.6 Å². The van der Waals surface area contributed by atoms with Gasteiger partial charge < -0.3 is 9.64 Å². The molecule has 0 saturated heterocycles. The lowest BCUT2D eigenvalue weighted by Crippen LogP contribution is -2.27. The number of halogens is 1. The Balaban J connectivity index is 2.26. The summed E-state index contributed by atoms with van der Waals surface area (Å²) in [6, 6.07) is 4.17. The third-order valence-electron chi connectivity index (χ3n) is 3.45. The zero-order valence-electron chi connectivity index (χ0n) is 10.6. The highest BCUT2D eigenvalue weighted by molar-refractivity contribution is 9.10. The Morgan fingerprint density at radius 2 is 1.94 bits per heavy atom. The van der Waals surface area contributed by atoms with Crippen molar-refractivity contribution in [1.82, 2.24) is 4.90 Å². The molecule has 0 atom stereocenters. The van der Waals surface area contributed by atoms with Gasteiger partial charge in [-0.15, -0.1) is 0 Å². The molecule has 0 fully saturated rings. The van der Waals surface area contributed by atoms with Gasteiger partial charge in [0, 0.05) is 17.6 Å². The molecule has 94 valence electrons. The largest absolute Gasteiger partial charge is 0.496 e. The van der Waals surface area contributed by atoms with Crippen molar-refractivity contribution in [2.24, 2.45) is 0 Å². The first-order valence-corrected chi connectivity index (χ1v) is 7.12. The van der Waals surface area contributed by atoms with Crippen LogP contribution < -0.4 is 4.74 Å². The van der Waals surface area contributed by atoms with E-state index in [1.54, 1.807) is 7.11 Å². The Bertz CT molecular complexity index is 392. The molecule has 0 saturated carbocycles. The van der Waals surface area contributed by atoms with Crippen LogP contribution in [-0.4, -0.2) is 31.6 Å². The third kappa shape index (κ3) is 2.83. The van der Waals surface area contributed by atoms with Gasteiger partial charge in [0.25, 0.3) is 0 Å². The van der Waals surface area contributed by atoms with E-state index in [9.17, 15) is 0 Å². The number of rotatable bonds is 3. The highest BCUT2D eigenvalue weighted by Gasteiger charge is 2.18. The van der Waals surface area contributed by atoms with Crippen molar-refractivity contribution in [3.05, 3.63) is 27.7 Å². The lowest BCUT2D eigenvalue weighted by Gasteiger charge is -2.18. The summed E-state index contributed by atoms with van der Waals surface area (Å²) < 4.78 is 6.71. The molecular formula is C14H20BrNO. The van der Waals surface area contributed by atoms with Gasteiger partial charge in [0.2, 0.25) is 0 Å². The van der Waals surface area contributed by atoms with E-state index in [0.717, 1.165) is 31.7 Å². The molecule has 0 amide bonds. The topological polar surface area (TPSA) is 12.5 Å². The molecule has 0 radical (unpaired) electrons. The Labute approximate surface area is 112 Å². The minimum absolute atomic E-state index is 1.04. The third-order valence-corrected chi connectivity index (χ3v) is 4.19. The van der Waals surface area contributed by atoms with Crippen LogP contribution in [0.5, 0.6) is 5.75 Å². The van der Waals surface area contributed by atoms with Gasteiger partial charge in [-0.05, 0) is 49.1 Å². The van der Waals surface area contributed by atoms with E-state index in [4.69, 9.17) is 4.74 Å². The van der Waals surface area contributed by atoms with Crippen molar-refractivity contribution in [2.45, 2.75) is 26.2 Å². The molecule has 3 heteroatoms. The number of hydrogen-bond acceptors (Lipinski definition) is 2. The van der Waals surface area contributed by atoms with Crippen molar-refractivity contribution < 1.29 is 4.74 Å². The molecule has 2 rings (SSSR count). The van der Waals surface area contributed by atoms with E-state index < -0.39 is 0 Å². The van der Waals surface area contributed by atoms with Crippen molar-refractivity contribution in [3.8, 4) is 5.75 Å². The summed E-state index contributed by atoms with van der Waals surface area (Å²) >= 11 is 3.66. The van der Waals surface area contributed by atoms with Gasteiger partial charge in [0.05, 0.1) is 7.11 Å². The van der Waals surface area contributed by atoms with Crippen LogP contribution in [0.3, 0.4) is 0 Å². The van der Waals surface area contributed by atoms with Gasteiger partial charge in [-0.25, -0.2) is 0 Å². The summed E-state index contributed by atoms with van der Waals surface area (Å²) in [5.74, 6) is 1.04. The van der Waals surface area contributed by atoms with E-state index in [0.29, 0.717) is 0 Å². The fourth-order valence-corrected chi connectivity index (χ4v) is 3.14. The monoisotopic (exact) mass is 297 g/mol. The lowest BCUT2D eigenvalue weighted by atomic mass is 10.0. The average molecular weight is 298 g/mol. The minimum atomic E-state index is 1.04. The van der Waals surface area contributed by atoms with Crippen LogP contribution in [0.2, 0.25) is 0 Å². The summed E-state index contributed by atoms with van der Waals surface area (Å²) in [7, 11) is 1.76. The zero-order valence-corrected chi connectivity index (χ0v) is 12.2. The van der Waals surface area contributed by atoms with Gasteiger partial charge in [0.1, 0.15) is 5.75 Å². The summed E-state index contributed by atoms with van der Waals surface area (Å²) in [5.41, 5.74) is 2.82. The molecule has 0 N–H and O–H groups in total. The van der Waals surface area contributed by atoms with Crippen molar-refractivity contribution in [2.75, 3.05) is 26.7 Å². The Morgan fingerprint density at radius 1 is 1.24 bits per heavy atom. The van der Waals surface area contributed by atoms with Gasteiger partial charge in [-0.1, -0.05) is 22.9 Å². The summed E-state index contributed by atoms with van der Waals surface area (Å²) in [6.45, 7) is 5.75. The van der Waals surface area contributed by atoms with Crippen LogP contribution in [0.25, 0.3) is 0 Å². The van der Waals surface area contributed by atoms with E-state index >= 15 is 0 Å². The van der Waals surface area contributed by atoms with E-state index in [-0.39, 0.29) is 0 Å². The Morgan fingerprint density at radius 3 is 2.59 bits per heavy atom. The number of hydrogen-bond donors (Lipinski definition) is 0. The van der Waals surface area contributed by atoms with Gasteiger partial charge in [-0.3, -0.25) is 0 Å². The molecule has 1 aromatic rings. The Kier molecular flexibility index (Phi) is 4.46. The predicted octanol–water partition coefficient (Wildman–Crippen LogP) is 3.27. The molecule has 0 aromatic heterocycles. The van der Waals surface area contributed by atoms with E-state index in [1.807, 2.05) is 0 Å². The predicted molar refractivity (Wildman–Crippen MR) is 74.8 cm³/mol. The van der Waals surface area contributed by atoms with Crippen LogP contribution in [0, 0.1) is 0 Å². The minimum Gasteiger partial charge on any atom is -0.496 e. The number of methoxy groups -OCH3 is 1. The van der Waals surface area contributed by atoms with Crippen LogP contribution in [0.1, 0.15) is 24.5 Å². The standard InChI is InChI=1S/C14H20BrNO/c1-3-8-16-9-6-11-12(7-10-16)14(17-2)5-4-13(11)15/h4-5H,3,6-10H2,1-2H3. The second-order valence-electron chi connectivity index (χ2n) is 4.55. The molecule has 1 heterocycles. The molecule has 0 bridgehead atoms. The summed E-state index contributed by atoms with van der Waals surface area (Å²) in [5, 5.41) is 0. The maximum absolute atomic E-state index is 5.48. The highest BCUT2D eigenvalue weighted by Crippen LogP contribution is 2.31. The smallest absolute Gasteiger partial charge is 0.122 e. The number of ether oxygens (including phenoxy) is 1. The lowest BCUT2D eigenvalue weighted by molar-refractivity contribution is 0.287. The molecular weight excluding hydrogens is 278 g/mol. The van der Waals surface area contributed by atoms with Gasteiger partial charge in [-0.2, -0.15) is 0 Å². The maximum Gasteiger partial charge on any atom is 0.122 e. The quantitative estimate of drug-likeness (QED) is 0.849. The summed E-state index contributed by atoms with van der Waals surface area (Å²) in [4.78, 5) is 2.55. The fraction of sp³-hybridized carbons (Fsp3) is 0.571. The average Bonchev–Trinajstić information content (AvgIpc) is 2.54. The molecule has 1 aliphatic heterocycles. The first-order chi connectivity index (χ1) is 8.26. The number of fused-ring (bicyclic) bond motifs is 1. The van der Waals surface area contributed by atoms with Crippen LogP contribution in [0.4, 0.5) is 0 Å². The van der Waals surface area contributed by atoms with Crippen LogP contribution >= 0.6 is 15.9 Å².